The molecule has 0 saturated carbocycles. The van der Waals surface area contributed by atoms with Gasteiger partial charge in [0.05, 0.1) is 6.54 Å². The second-order valence-corrected chi connectivity index (χ2v) is 5.48. The molecular weight excluding hydrogens is 272 g/mol. The third-order valence-corrected chi connectivity index (χ3v) is 3.67. The van der Waals surface area contributed by atoms with Crippen LogP contribution in [-0.4, -0.2) is 12.5 Å². The molecule has 0 fully saturated rings. The summed E-state index contributed by atoms with van der Waals surface area (Å²) in [4.78, 5) is 14.0. The Balaban J connectivity index is 1.97. The minimum absolute atomic E-state index is 0.00773. The highest BCUT2D eigenvalue weighted by Crippen LogP contribution is 2.27. The molecule has 0 spiro atoms. The van der Waals surface area contributed by atoms with Crippen LogP contribution < -0.4 is 10.2 Å². The van der Waals surface area contributed by atoms with Gasteiger partial charge in [0.2, 0.25) is 5.91 Å². The van der Waals surface area contributed by atoms with Crippen LogP contribution in [0.25, 0.3) is 0 Å². The minimum atomic E-state index is -0.00773. The lowest BCUT2D eigenvalue weighted by Crippen LogP contribution is -2.29. The Kier molecular flexibility index (Phi) is 3.36. The van der Waals surface area contributed by atoms with Crippen LogP contribution >= 0.6 is 11.6 Å². The summed E-state index contributed by atoms with van der Waals surface area (Å²) >= 11 is 6.05. The summed E-state index contributed by atoms with van der Waals surface area (Å²) < 4.78 is 0. The molecule has 2 aromatic rings. The van der Waals surface area contributed by atoms with Gasteiger partial charge in [0.25, 0.3) is 0 Å². The van der Waals surface area contributed by atoms with Crippen molar-refractivity contribution in [3.63, 3.8) is 0 Å². The number of halogens is 1. The molecule has 0 atom stereocenters. The summed E-state index contributed by atoms with van der Waals surface area (Å²) in [7, 11) is 0. The Labute approximate surface area is 123 Å². The number of anilines is 2. The molecular formula is C16H15ClN2O. The maximum Gasteiger partial charge on any atom is 0.243 e. The van der Waals surface area contributed by atoms with E-state index in [0.717, 1.165) is 16.9 Å². The Morgan fingerprint density at radius 1 is 1.10 bits per heavy atom. The van der Waals surface area contributed by atoms with Crippen molar-refractivity contribution < 1.29 is 4.79 Å². The van der Waals surface area contributed by atoms with E-state index in [1.54, 1.807) is 6.07 Å². The standard InChI is InChI=1S/C16H15ClN2O/c1-11-2-5-14(6-3-11)19-9-12-8-13(17)4-7-15(12)18-16(20)10-19/h2-8H,9-10H2,1H3,(H,18,20). The smallest absolute Gasteiger partial charge is 0.243 e. The van der Waals surface area contributed by atoms with E-state index in [1.807, 2.05) is 31.2 Å². The van der Waals surface area contributed by atoms with Gasteiger partial charge in [0.1, 0.15) is 0 Å². The second kappa shape index (κ2) is 5.17. The summed E-state index contributed by atoms with van der Waals surface area (Å²) in [5.74, 6) is -0.00773. The average Bonchev–Trinajstić information content (AvgIpc) is 2.57. The molecule has 0 bridgehead atoms. The molecule has 1 amide bonds. The Hall–Kier alpha value is -2.00. The van der Waals surface area contributed by atoms with Crippen molar-refractivity contribution in [1.29, 1.82) is 0 Å². The van der Waals surface area contributed by atoms with Crippen LogP contribution in [0.3, 0.4) is 0 Å². The Morgan fingerprint density at radius 3 is 2.60 bits per heavy atom. The van der Waals surface area contributed by atoms with E-state index in [-0.39, 0.29) is 5.91 Å². The van der Waals surface area contributed by atoms with Gasteiger partial charge < -0.3 is 10.2 Å². The van der Waals surface area contributed by atoms with Gasteiger partial charge in [0, 0.05) is 22.9 Å². The molecule has 20 heavy (non-hydrogen) atoms. The monoisotopic (exact) mass is 286 g/mol. The predicted molar refractivity (Wildman–Crippen MR) is 82.3 cm³/mol. The first-order valence-electron chi connectivity index (χ1n) is 6.52. The predicted octanol–water partition coefficient (Wildman–Crippen LogP) is 3.61. The third kappa shape index (κ3) is 2.63. The maximum absolute atomic E-state index is 12.0. The topological polar surface area (TPSA) is 32.3 Å². The zero-order valence-electron chi connectivity index (χ0n) is 11.2. The van der Waals surface area contributed by atoms with Gasteiger partial charge in [-0.05, 0) is 42.8 Å². The molecule has 0 radical (unpaired) electrons. The fourth-order valence-corrected chi connectivity index (χ4v) is 2.57. The average molecular weight is 287 g/mol. The van der Waals surface area contributed by atoms with Crippen molar-refractivity contribution in [2.45, 2.75) is 13.5 Å². The molecule has 4 heteroatoms. The fraction of sp³-hybridized carbons (Fsp3) is 0.188. The Bertz CT molecular complexity index is 652. The van der Waals surface area contributed by atoms with E-state index in [4.69, 9.17) is 11.6 Å². The Morgan fingerprint density at radius 2 is 1.85 bits per heavy atom. The molecule has 1 N–H and O–H groups in total. The largest absolute Gasteiger partial charge is 0.358 e. The number of benzene rings is 2. The zero-order chi connectivity index (χ0) is 14.1. The van der Waals surface area contributed by atoms with E-state index in [1.165, 1.54) is 5.56 Å². The molecule has 1 aliphatic heterocycles. The van der Waals surface area contributed by atoms with Crippen molar-refractivity contribution >= 4 is 28.9 Å². The van der Waals surface area contributed by atoms with Crippen LogP contribution in [0.1, 0.15) is 11.1 Å². The van der Waals surface area contributed by atoms with Gasteiger partial charge in [0.15, 0.2) is 0 Å². The van der Waals surface area contributed by atoms with Crippen molar-refractivity contribution in [3.8, 4) is 0 Å². The first kappa shape index (κ1) is 13.0. The van der Waals surface area contributed by atoms with Crippen LogP contribution in [0.5, 0.6) is 0 Å². The SMILES string of the molecule is Cc1ccc(N2CC(=O)Nc3ccc(Cl)cc3C2)cc1. The number of fused-ring (bicyclic) bond motifs is 1. The van der Waals surface area contributed by atoms with Crippen molar-refractivity contribution in [2.75, 3.05) is 16.8 Å². The van der Waals surface area contributed by atoms with Gasteiger partial charge in [-0.25, -0.2) is 0 Å². The van der Waals surface area contributed by atoms with Gasteiger partial charge in [-0.15, -0.1) is 0 Å². The van der Waals surface area contributed by atoms with E-state index in [0.29, 0.717) is 18.1 Å². The number of nitrogens with zero attached hydrogens (tertiary/aromatic N) is 1. The number of carbonyl (C=O) groups is 1. The molecule has 0 saturated heterocycles. The quantitative estimate of drug-likeness (QED) is 0.868. The highest BCUT2D eigenvalue weighted by molar-refractivity contribution is 6.30. The normalized spacial score (nSPS) is 14.5. The van der Waals surface area contributed by atoms with Gasteiger partial charge in [-0.3, -0.25) is 4.79 Å². The second-order valence-electron chi connectivity index (χ2n) is 5.04. The van der Waals surface area contributed by atoms with Crippen LogP contribution in [0, 0.1) is 6.92 Å². The van der Waals surface area contributed by atoms with Crippen molar-refractivity contribution in [2.24, 2.45) is 0 Å². The highest BCUT2D eigenvalue weighted by Gasteiger charge is 2.19. The lowest BCUT2D eigenvalue weighted by Gasteiger charge is -2.22. The van der Waals surface area contributed by atoms with Crippen LogP contribution in [0.15, 0.2) is 42.5 Å². The maximum atomic E-state index is 12.0. The van der Waals surface area contributed by atoms with Crippen LogP contribution in [0.2, 0.25) is 5.02 Å². The highest BCUT2D eigenvalue weighted by atomic mass is 35.5. The van der Waals surface area contributed by atoms with Crippen molar-refractivity contribution in [3.05, 3.63) is 58.6 Å². The van der Waals surface area contributed by atoms with Crippen LogP contribution in [-0.2, 0) is 11.3 Å². The molecule has 1 heterocycles. The van der Waals surface area contributed by atoms with E-state index >= 15 is 0 Å². The zero-order valence-corrected chi connectivity index (χ0v) is 11.9. The lowest BCUT2D eigenvalue weighted by atomic mass is 10.1. The molecule has 0 aliphatic carbocycles. The summed E-state index contributed by atoms with van der Waals surface area (Å²) in [5.41, 5.74) is 4.12. The number of hydrogen-bond donors (Lipinski definition) is 1. The fourth-order valence-electron chi connectivity index (χ4n) is 2.38. The molecule has 3 nitrogen and oxygen atoms in total. The first-order valence-corrected chi connectivity index (χ1v) is 6.89. The van der Waals surface area contributed by atoms with E-state index in [9.17, 15) is 4.79 Å². The third-order valence-electron chi connectivity index (χ3n) is 3.44. The number of hydrogen-bond acceptors (Lipinski definition) is 2. The number of rotatable bonds is 1. The van der Waals surface area contributed by atoms with E-state index in [2.05, 4.69) is 22.3 Å². The number of carbonyl (C=O) groups excluding carboxylic acids is 1. The molecule has 0 aromatic heterocycles. The van der Waals surface area contributed by atoms with Gasteiger partial charge >= 0.3 is 0 Å². The van der Waals surface area contributed by atoms with Crippen LogP contribution in [0.4, 0.5) is 11.4 Å². The molecule has 3 rings (SSSR count). The lowest BCUT2D eigenvalue weighted by molar-refractivity contribution is -0.114. The molecule has 102 valence electrons. The summed E-state index contributed by atoms with van der Waals surface area (Å²) in [6.07, 6.45) is 0. The number of nitrogens with one attached hydrogen (secondary N) is 1. The molecule has 0 unspecified atom stereocenters. The number of amides is 1. The van der Waals surface area contributed by atoms with Gasteiger partial charge in [-0.1, -0.05) is 29.3 Å². The van der Waals surface area contributed by atoms with Crippen molar-refractivity contribution in [1.82, 2.24) is 0 Å². The summed E-state index contributed by atoms with van der Waals surface area (Å²) in [5, 5.41) is 3.61. The molecule has 1 aliphatic rings. The van der Waals surface area contributed by atoms with E-state index < -0.39 is 0 Å². The summed E-state index contributed by atoms with van der Waals surface area (Å²) in [6.45, 7) is 3.06. The van der Waals surface area contributed by atoms with Gasteiger partial charge in [-0.2, -0.15) is 0 Å². The summed E-state index contributed by atoms with van der Waals surface area (Å²) in [6, 6.07) is 13.7. The minimum Gasteiger partial charge on any atom is -0.358 e. The number of aryl methyl sites for hydroxylation is 1. The molecule has 2 aromatic carbocycles. The first-order chi connectivity index (χ1) is 9.61.